The van der Waals surface area contributed by atoms with Crippen LogP contribution in [0.4, 0.5) is 0 Å². The summed E-state index contributed by atoms with van der Waals surface area (Å²) in [6.45, 7) is 2.36. The zero-order chi connectivity index (χ0) is 17.2. The van der Waals surface area contributed by atoms with Crippen LogP contribution in [0.15, 0.2) is 0 Å². The zero-order valence-corrected chi connectivity index (χ0v) is 15.9. The van der Waals surface area contributed by atoms with Crippen LogP contribution in [0.1, 0.15) is 110 Å². The van der Waals surface area contributed by atoms with Crippen LogP contribution in [-0.4, -0.2) is 71.0 Å². The average Bonchev–Trinajstić information content (AvgIpc) is 2.49. The molecule has 0 fully saturated rings. The fourth-order valence-corrected chi connectivity index (χ4v) is 3.14. The van der Waals surface area contributed by atoms with Crippen molar-refractivity contribution >= 4 is 61.8 Å². The molecule has 0 saturated carbocycles. The molecule has 0 rings (SSSR count). The van der Waals surface area contributed by atoms with Gasteiger partial charge in [-0.15, -0.1) is 0 Å². The van der Waals surface area contributed by atoms with Crippen LogP contribution in [0.25, 0.3) is 0 Å². The summed E-state index contributed by atoms with van der Waals surface area (Å²) in [6, 6.07) is 0. The third kappa shape index (κ3) is 25.7. The van der Waals surface area contributed by atoms with Crippen LogP contribution in [-0.2, 0) is 14.6 Å². The molecule has 24 heavy (non-hydrogen) atoms. The molecule has 0 unspecified atom stereocenters. The van der Waals surface area contributed by atoms with E-state index >= 15 is 0 Å². The van der Waals surface area contributed by atoms with Crippen molar-refractivity contribution in [2.24, 2.45) is 0 Å². The van der Waals surface area contributed by atoms with Gasteiger partial charge in [0.2, 0.25) is 0 Å². The first-order valence-electron chi connectivity index (χ1n) is 9.68. The first-order chi connectivity index (χ1) is 11.1. The van der Waals surface area contributed by atoms with Gasteiger partial charge in [0.25, 0.3) is 0 Å². The summed E-state index contributed by atoms with van der Waals surface area (Å²) < 4.78 is 33.3. The van der Waals surface area contributed by atoms with Crippen LogP contribution >= 0.6 is 0 Å². The predicted molar refractivity (Wildman–Crippen MR) is 104 cm³/mol. The molecule has 0 aromatic heterocycles. The Morgan fingerprint density at radius 1 is 0.625 bits per heavy atom. The summed E-state index contributed by atoms with van der Waals surface area (Å²) >= 11 is 0. The molecule has 0 bridgehead atoms. The van der Waals surface area contributed by atoms with Crippen molar-refractivity contribution in [1.82, 2.24) is 0 Å². The second-order valence-corrected chi connectivity index (χ2v) is 7.64. The molecule has 0 aliphatic heterocycles. The van der Waals surface area contributed by atoms with Gasteiger partial charge < -0.3 is 0 Å². The van der Waals surface area contributed by atoms with Gasteiger partial charge in [-0.2, -0.15) is 8.42 Å². The Hall–Kier alpha value is 1.51. The molecule has 0 amide bonds. The molecule has 0 aromatic carbocycles. The Labute approximate surface area is 193 Å². The van der Waals surface area contributed by atoms with Gasteiger partial charge in [-0.25, -0.2) is 4.18 Å². The molecule has 0 aliphatic carbocycles. The number of hydrogen-bond donors (Lipinski definition) is 1. The third-order valence-corrected chi connectivity index (χ3v) is 4.69. The number of unbranched alkanes of at least 4 members (excludes halogenated alkanes) is 15. The predicted octanol–water partition coefficient (Wildman–Crippen LogP) is 5.42. The Balaban J connectivity index is 0. The monoisotopic (exact) mass is 390 g/mol. The molecule has 0 radical (unpaired) electrons. The molecule has 0 spiro atoms. The van der Waals surface area contributed by atoms with Crippen LogP contribution in [0, 0.1) is 0 Å². The average molecular weight is 391 g/mol. The maximum atomic E-state index is 10.3. The fourth-order valence-electron chi connectivity index (χ4n) is 2.81. The minimum absolute atomic E-state index is 0. The standard InChI is InChI=1S/C18H38O4S.K.H/c1-2-3-4-5-6-7-8-9-10-11-12-13-14-15-16-17-18-22-23(19,20)21;;/h2-18H2,1H3,(H,19,20,21);;. The van der Waals surface area contributed by atoms with Gasteiger partial charge >= 0.3 is 61.8 Å². The molecule has 0 aliphatic rings. The van der Waals surface area contributed by atoms with Crippen molar-refractivity contribution in [1.29, 1.82) is 0 Å². The zero-order valence-electron chi connectivity index (χ0n) is 15.1. The van der Waals surface area contributed by atoms with Crippen molar-refractivity contribution in [2.75, 3.05) is 6.61 Å². The summed E-state index contributed by atoms with van der Waals surface area (Å²) in [4.78, 5) is 0. The molecule has 142 valence electrons. The van der Waals surface area contributed by atoms with Gasteiger partial charge in [0.15, 0.2) is 0 Å². The maximum absolute atomic E-state index is 10.3. The normalized spacial score (nSPS) is 11.4. The molecule has 4 nitrogen and oxygen atoms in total. The third-order valence-electron chi connectivity index (χ3n) is 4.23. The number of rotatable bonds is 18. The van der Waals surface area contributed by atoms with Gasteiger partial charge in [-0.3, -0.25) is 4.55 Å². The van der Waals surface area contributed by atoms with Gasteiger partial charge in [-0.1, -0.05) is 103 Å². The van der Waals surface area contributed by atoms with E-state index in [2.05, 4.69) is 11.1 Å². The van der Waals surface area contributed by atoms with E-state index in [1.54, 1.807) is 0 Å². The van der Waals surface area contributed by atoms with E-state index in [9.17, 15) is 8.42 Å². The van der Waals surface area contributed by atoms with Crippen molar-refractivity contribution < 1.29 is 17.2 Å². The van der Waals surface area contributed by atoms with E-state index < -0.39 is 10.4 Å². The first kappa shape index (κ1) is 27.7. The van der Waals surface area contributed by atoms with E-state index in [1.165, 1.54) is 83.5 Å². The quantitative estimate of drug-likeness (QED) is 0.193. The molecule has 0 heterocycles. The summed E-state index contributed by atoms with van der Waals surface area (Å²) in [5, 5.41) is 0. The Morgan fingerprint density at radius 3 is 1.21 bits per heavy atom. The van der Waals surface area contributed by atoms with Crippen molar-refractivity contribution in [3.63, 3.8) is 0 Å². The topological polar surface area (TPSA) is 63.6 Å². The fraction of sp³-hybridized carbons (Fsp3) is 1.00. The van der Waals surface area contributed by atoms with Crippen molar-refractivity contribution in [3.8, 4) is 0 Å². The molecular formula is C18H39KO4S. The second kappa shape index (κ2) is 20.8. The van der Waals surface area contributed by atoms with Gasteiger partial charge in [-0.05, 0) is 6.42 Å². The van der Waals surface area contributed by atoms with E-state index in [0.29, 0.717) is 6.42 Å². The van der Waals surface area contributed by atoms with Crippen molar-refractivity contribution in [2.45, 2.75) is 110 Å². The second-order valence-electron chi connectivity index (χ2n) is 6.55. The van der Waals surface area contributed by atoms with Crippen LogP contribution < -0.4 is 0 Å². The van der Waals surface area contributed by atoms with Crippen LogP contribution in [0.2, 0.25) is 0 Å². The Kier molecular flexibility index (Phi) is 24.0. The minimum atomic E-state index is -4.24. The molecular weight excluding hydrogens is 351 g/mol. The molecule has 0 aromatic rings. The van der Waals surface area contributed by atoms with Crippen LogP contribution in [0.5, 0.6) is 0 Å². The SMILES string of the molecule is CCCCCCCCCCCCCCCCCCOS(=O)(=O)O.[KH]. The van der Waals surface area contributed by atoms with E-state index in [1.807, 2.05) is 0 Å². The molecule has 1 N–H and O–H groups in total. The summed E-state index contributed by atoms with van der Waals surface area (Å²) in [7, 11) is -4.24. The van der Waals surface area contributed by atoms with Crippen LogP contribution in [0.3, 0.4) is 0 Å². The molecule has 6 heteroatoms. The Bertz CT molecular complexity index is 334. The number of hydrogen-bond acceptors (Lipinski definition) is 3. The Morgan fingerprint density at radius 2 is 0.917 bits per heavy atom. The summed E-state index contributed by atoms with van der Waals surface area (Å²) in [6.07, 6.45) is 20.5. The van der Waals surface area contributed by atoms with E-state index in [4.69, 9.17) is 4.55 Å². The van der Waals surface area contributed by atoms with Gasteiger partial charge in [0.05, 0.1) is 6.61 Å². The first-order valence-corrected chi connectivity index (χ1v) is 11.0. The molecule has 0 atom stereocenters. The van der Waals surface area contributed by atoms with E-state index in [0.717, 1.165) is 12.8 Å². The van der Waals surface area contributed by atoms with E-state index in [-0.39, 0.29) is 58.0 Å². The van der Waals surface area contributed by atoms with Crippen molar-refractivity contribution in [3.05, 3.63) is 0 Å². The van der Waals surface area contributed by atoms with Gasteiger partial charge in [0, 0.05) is 0 Å². The van der Waals surface area contributed by atoms with Gasteiger partial charge in [0.1, 0.15) is 0 Å². The molecule has 0 saturated heterocycles. The summed E-state index contributed by atoms with van der Waals surface area (Å²) in [5.41, 5.74) is 0. The summed E-state index contributed by atoms with van der Waals surface area (Å²) in [5.74, 6) is 0.